The molecule has 1 amide bonds. The van der Waals surface area contributed by atoms with Crippen molar-refractivity contribution < 1.29 is 22.7 Å². The van der Waals surface area contributed by atoms with Gasteiger partial charge >= 0.3 is 0 Å². The van der Waals surface area contributed by atoms with Gasteiger partial charge in [0.2, 0.25) is 10.0 Å². The van der Waals surface area contributed by atoms with Crippen LogP contribution < -0.4 is 10.1 Å². The smallest absolute Gasteiger partial charge is 0.266 e. The molecule has 192 valence electrons. The standard InChI is InChI=1S/C26H31N3O5S2/c1-17(2)22-10-5-18(3)15-24(22)34-19(4)25(30)28-26-27-23(16-35-26)20-6-8-21(9-7-20)36(31,32)29-11-13-33-14-12-29/h5-10,15-17,19H,11-14H2,1-4H3,(H,27,28,30). The van der Waals surface area contributed by atoms with E-state index in [0.29, 0.717) is 42.9 Å². The van der Waals surface area contributed by atoms with Gasteiger partial charge in [0, 0.05) is 24.0 Å². The normalized spacial score (nSPS) is 15.6. The molecule has 1 unspecified atom stereocenters. The van der Waals surface area contributed by atoms with E-state index in [0.717, 1.165) is 16.7 Å². The van der Waals surface area contributed by atoms with Crippen LogP contribution in [0.4, 0.5) is 5.13 Å². The Hall–Kier alpha value is -2.79. The van der Waals surface area contributed by atoms with Crippen molar-refractivity contribution in [3.05, 3.63) is 59.0 Å². The van der Waals surface area contributed by atoms with Gasteiger partial charge in [0.1, 0.15) is 5.75 Å². The second-order valence-corrected chi connectivity index (χ2v) is 11.8. The SMILES string of the molecule is Cc1ccc(C(C)C)c(OC(C)C(=O)Nc2nc(-c3ccc(S(=O)(=O)N4CCOCC4)cc3)cs2)c1. The number of benzene rings is 2. The molecule has 1 aromatic heterocycles. The molecule has 1 saturated heterocycles. The molecule has 1 atom stereocenters. The van der Waals surface area contributed by atoms with Gasteiger partial charge in [0.05, 0.1) is 23.8 Å². The van der Waals surface area contributed by atoms with Gasteiger partial charge in [-0.1, -0.05) is 38.1 Å². The zero-order chi connectivity index (χ0) is 25.9. The number of hydrogen-bond donors (Lipinski definition) is 1. The molecule has 10 heteroatoms. The molecule has 1 aliphatic rings. The molecule has 0 radical (unpaired) electrons. The topological polar surface area (TPSA) is 97.8 Å². The first-order valence-corrected chi connectivity index (χ1v) is 14.2. The number of hydrogen-bond acceptors (Lipinski definition) is 7. The highest BCUT2D eigenvalue weighted by Crippen LogP contribution is 2.30. The summed E-state index contributed by atoms with van der Waals surface area (Å²) >= 11 is 1.30. The zero-order valence-corrected chi connectivity index (χ0v) is 22.5. The number of ether oxygens (including phenoxy) is 2. The Labute approximate surface area is 216 Å². The van der Waals surface area contributed by atoms with E-state index in [-0.39, 0.29) is 16.7 Å². The number of anilines is 1. The summed E-state index contributed by atoms with van der Waals surface area (Å²) in [4.78, 5) is 17.5. The van der Waals surface area contributed by atoms with E-state index >= 15 is 0 Å². The monoisotopic (exact) mass is 529 g/mol. The third-order valence-corrected chi connectivity index (χ3v) is 8.63. The Morgan fingerprint density at radius 2 is 1.81 bits per heavy atom. The molecule has 0 spiro atoms. The van der Waals surface area contributed by atoms with E-state index < -0.39 is 16.1 Å². The van der Waals surface area contributed by atoms with E-state index in [9.17, 15) is 13.2 Å². The third kappa shape index (κ3) is 5.95. The maximum absolute atomic E-state index is 12.8. The summed E-state index contributed by atoms with van der Waals surface area (Å²) in [6, 6.07) is 12.6. The highest BCUT2D eigenvalue weighted by molar-refractivity contribution is 7.89. The van der Waals surface area contributed by atoms with Gasteiger partial charge in [-0.25, -0.2) is 13.4 Å². The molecule has 0 aliphatic carbocycles. The van der Waals surface area contributed by atoms with Gasteiger partial charge in [0.15, 0.2) is 11.2 Å². The lowest BCUT2D eigenvalue weighted by atomic mass is 10.0. The molecule has 0 bridgehead atoms. The van der Waals surface area contributed by atoms with E-state index in [2.05, 4.69) is 24.1 Å². The largest absolute Gasteiger partial charge is 0.481 e. The van der Waals surface area contributed by atoms with Gasteiger partial charge in [-0.2, -0.15) is 4.31 Å². The number of amides is 1. The Morgan fingerprint density at radius 1 is 1.11 bits per heavy atom. The van der Waals surface area contributed by atoms with Gasteiger partial charge in [-0.05, 0) is 49.1 Å². The first kappa shape index (κ1) is 26.3. The minimum Gasteiger partial charge on any atom is -0.481 e. The van der Waals surface area contributed by atoms with E-state index in [1.165, 1.54) is 15.6 Å². The highest BCUT2D eigenvalue weighted by Gasteiger charge is 2.26. The molecule has 8 nitrogen and oxygen atoms in total. The number of sulfonamides is 1. The van der Waals surface area contributed by atoms with Crippen molar-refractivity contribution in [2.75, 3.05) is 31.6 Å². The number of aromatic nitrogens is 1. The predicted octanol–water partition coefficient (Wildman–Crippen LogP) is 4.67. The predicted molar refractivity (Wildman–Crippen MR) is 141 cm³/mol. The fourth-order valence-corrected chi connectivity index (χ4v) is 6.00. The summed E-state index contributed by atoms with van der Waals surface area (Å²) in [5, 5.41) is 5.09. The summed E-state index contributed by atoms with van der Waals surface area (Å²) in [5.74, 6) is 0.686. The molecule has 2 heterocycles. The highest BCUT2D eigenvalue weighted by atomic mass is 32.2. The van der Waals surface area contributed by atoms with E-state index in [4.69, 9.17) is 9.47 Å². The molecule has 3 aromatic rings. The summed E-state index contributed by atoms with van der Waals surface area (Å²) in [6.07, 6.45) is -0.707. The Bertz CT molecular complexity index is 1310. The molecule has 1 N–H and O–H groups in total. The molecule has 0 saturated carbocycles. The first-order valence-electron chi connectivity index (χ1n) is 11.9. The fourth-order valence-electron chi connectivity index (χ4n) is 3.87. The molecule has 1 fully saturated rings. The lowest BCUT2D eigenvalue weighted by molar-refractivity contribution is -0.122. The van der Waals surface area contributed by atoms with Crippen LogP contribution in [0.1, 0.15) is 37.8 Å². The maximum Gasteiger partial charge on any atom is 0.266 e. The maximum atomic E-state index is 12.8. The van der Waals surface area contributed by atoms with Gasteiger partial charge < -0.3 is 9.47 Å². The van der Waals surface area contributed by atoms with Gasteiger partial charge in [-0.3, -0.25) is 10.1 Å². The molecule has 4 rings (SSSR count). The first-order chi connectivity index (χ1) is 17.1. The van der Waals surface area contributed by atoms with Crippen molar-refractivity contribution in [1.82, 2.24) is 9.29 Å². The van der Waals surface area contributed by atoms with Gasteiger partial charge in [0.25, 0.3) is 5.91 Å². The van der Waals surface area contributed by atoms with Crippen molar-refractivity contribution in [3.8, 4) is 17.0 Å². The van der Waals surface area contributed by atoms with Crippen molar-refractivity contribution in [2.24, 2.45) is 0 Å². The number of aryl methyl sites for hydroxylation is 1. The van der Waals surface area contributed by atoms with Crippen LogP contribution in [-0.2, 0) is 19.6 Å². The average Bonchev–Trinajstić information content (AvgIpc) is 3.33. The molecular formula is C26H31N3O5S2. The number of morpholine rings is 1. The van der Waals surface area contributed by atoms with Crippen LogP contribution in [0, 0.1) is 6.92 Å². The lowest BCUT2D eigenvalue weighted by Crippen LogP contribution is -2.40. The van der Waals surface area contributed by atoms with Crippen LogP contribution in [0.25, 0.3) is 11.3 Å². The second kappa shape index (κ2) is 11.1. The Morgan fingerprint density at radius 3 is 2.47 bits per heavy atom. The Balaban J connectivity index is 1.41. The van der Waals surface area contributed by atoms with Crippen LogP contribution in [0.3, 0.4) is 0 Å². The number of carbonyl (C=O) groups excluding carboxylic acids is 1. The van der Waals surface area contributed by atoms with Crippen molar-refractivity contribution in [2.45, 2.75) is 44.6 Å². The molecule has 1 aliphatic heterocycles. The van der Waals surface area contributed by atoms with Crippen molar-refractivity contribution in [1.29, 1.82) is 0 Å². The van der Waals surface area contributed by atoms with E-state index in [1.54, 1.807) is 31.2 Å². The Kier molecular flexibility index (Phi) is 8.09. The van der Waals surface area contributed by atoms with Crippen LogP contribution >= 0.6 is 11.3 Å². The summed E-state index contributed by atoms with van der Waals surface area (Å²) in [5.41, 5.74) is 3.53. The third-order valence-electron chi connectivity index (χ3n) is 5.96. The number of thiazole rings is 1. The molecular weight excluding hydrogens is 498 g/mol. The number of rotatable bonds is 8. The zero-order valence-electron chi connectivity index (χ0n) is 20.9. The van der Waals surface area contributed by atoms with Gasteiger partial charge in [-0.15, -0.1) is 11.3 Å². The summed E-state index contributed by atoms with van der Waals surface area (Å²) in [6.45, 7) is 9.38. The van der Waals surface area contributed by atoms with Crippen LogP contribution in [0.5, 0.6) is 5.75 Å². The number of nitrogens with zero attached hydrogens (tertiary/aromatic N) is 2. The minimum absolute atomic E-state index is 0.236. The van der Waals surface area contributed by atoms with Crippen molar-refractivity contribution >= 4 is 32.4 Å². The quantitative estimate of drug-likeness (QED) is 0.456. The fraction of sp³-hybridized carbons (Fsp3) is 0.385. The lowest BCUT2D eigenvalue weighted by Gasteiger charge is -2.26. The van der Waals surface area contributed by atoms with E-state index in [1.807, 2.05) is 30.5 Å². The summed E-state index contributed by atoms with van der Waals surface area (Å²) in [7, 11) is -3.55. The number of carbonyl (C=O) groups is 1. The van der Waals surface area contributed by atoms with Crippen LogP contribution in [-0.4, -0.2) is 56.0 Å². The van der Waals surface area contributed by atoms with Crippen LogP contribution in [0.15, 0.2) is 52.7 Å². The average molecular weight is 530 g/mol. The second-order valence-electron chi connectivity index (χ2n) is 9.02. The summed E-state index contributed by atoms with van der Waals surface area (Å²) < 4.78 is 38.3. The molecule has 36 heavy (non-hydrogen) atoms. The van der Waals surface area contributed by atoms with Crippen LogP contribution in [0.2, 0.25) is 0 Å². The van der Waals surface area contributed by atoms with Crippen molar-refractivity contribution in [3.63, 3.8) is 0 Å². The number of nitrogens with one attached hydrogen (secondary N) is 1. The molecule has 2 aromatic carbocycles. The minimum atomic E-state index is -3.55.